The van der Waals surface area contributed by atoms with Crippen LogP contribution in [-0.4, -0.2) is 61.7 Å². The number of benzene rings is 1. The van der Waals surface area contributed by atoms with Crippen molar-refractivity contribution < 1.29 is 17.5 Å². The van der Waals surface area contributed by atoms with E-state index in [0.29, 0.717) is 24.9 Å². The third-order valence-electron chi connectivity index (χ3n) is 5.48. The molecule has 0 aromatic heterocycles. The van der Waals surface area contributed by atoms with Crippen LogP contribution in [0.15, 0.2) is 24.3 Å². The van der Waals surface area contributed by atoms with Crippen LogP contribution in [0.1, 0.15) is 39.5 Å². The minimum absolute atomic E-state index is 0.0460. The summed E-state index contributed by atoms with van der Waals surface area (Å²) >= 11 is 0. The van der Waals surface area contributed by atoms with Gasteiger partial charge in [-0.2, -0.15) is 0 Å². The molecule has 0 unspecified atom stereocenters. The van der Waals surface area contributed by atoms with Gasteiger partial charge in [-0.05, 0) is 43.7 Å². The Balaban J connectivity index is 1.45. The van der Waals surface area contributed by atoms with E-state index < -0.39 is 10.0 Å². The van der Waals surface area contributed by atoms with E-state index in [1.165, 1.54) is 6.07 Å². The summed E-state index contributed by atoms with van der Waals surface area (Å²) in [5.41, 5.74) is 0. The van der Waals surface area contributed by atoms with Crippen molar-refractivity contribution in [3.05, 3.63) is 30.1 Å². The molecule has 2 heterocycles. The molecule has 5 nitrogen and oxygen atoms in total. The highest BCUT2D eigenvalue weighted by atomic mass is 32.2. The summed E-state index contributed by atoms with van der Waals surface area (Å²) in [6.07, 6.45) is 3.57. The van der Waals surface area contributed by atoms with Crippen LogP contribution in [0.5, 0.6) is 5.75 Å². The monoisotopic (exact) mass is 398 g/mol. The summed E-state index contributed by atoms with van der Waals surface area (Å²) in [7, 11) is -3.12. The average molecular weight is 399 g/mol. The maximum Gasteiger partial charge on any atom is 0.214 e. The predicted octanol–water partition coefficient (Wildman–Crippen LogP) is 3.12. The number of hydrogen-bond acceptors (Lipinski definition) is 4. The predicted molar refractivity (Wildman–Crippen MR) is 105 cm³/mol. The van der Waals surface area contributed by atoms with Crippen molar-refractivity contribution in [1.29, 1.82) is 0 Å². The number of piperidine rings is 2. The Morgan fingerprint density at radius 1 is 1.07 bits per heavy atom. The maximum atomic E-state index is 13.7. The van der Waals surface area contributed by atoms with Gasteiger partial charge in [0.25, 0.3) is 0 Å². The highest BCUT2D eigenvalue weighted by Crippen LogP contribution is 2.26. The van der Waals surface area contributed by atoms with E-state index in [1.807, 2.05) is 13.8 Å². The number of nitrogens with zero attached hydrogens (tertiary/aromatic N) is 2. The third-order valence-corrected chi connectivity index (χ3v) is 7.72. The van der Waals surface area contributed by atoms with Gasteiger partial charge >= 0.3 is 0 Å². The van der Waals surface area contributed by atoms with Gasteiger partial charge in [0.2, 0.25) is 10.0 Å². The van der Waals surface area contributed by atoms with Gasteiger partial charge in [0.05, 0.1) is 5.75 Å². The number of likely N-dealkylation sites (tertiary alicyclic amines) is 1. The van der Waals surface area contributed by atoms with E-state index in [-0.39, 0.29) is 23.6 Å². The van der Waals surface area contributed by atoms with Gasteiger partial charge in [-0.3, -0.25) is 0 Å². The van der Waals surface area contributed by atoms with Gasteiger partial charge < -0.3 is 9.64 Å². The second-order valence-electron chi connectivity index (χ2n) is 8.09. The molecule has 0 bridgehead atoms. The van der Waals surface area contributed by atoms with Gasteiger partial charge in [-0.15, -0.1) is 0 Å². The molecule has 2 aliphatic heterocycles. The highest BCUT2D eigenvalue weighted by molar-refractivity contribution is 7.89. The zero-order chi connectivity index (χ0) is 19.4. The van der Waals surface area contributed by atoms with Gasteiger partial charge in [-0.25, -0.2) is 17.1 Å². The third kappa shape index (κ3) is 5.42. The Labute approximate surface area is 162 Å². The lowest BCUT2D eigenvalue weighted by Gasteiger charge is -2.41. The smallest absolute Gasteiger partial charge is 0.214 e. The number of sulfonamides is 1. The number of hydrogen-bond donors (Lipinski definition) is 0. The normalized spacial score (nSPS) is 21.6. The van der Waals surface area contributed by atoms with Crippen molar-refractivity contribution in [3.8, 4) is 5.75 Å². The molecule has 2 saturated heterocycles. The molecule has 0 spiro atoms. The molecule has 0 saturated carbocycles. The molecule has 0 aliphatic carbocycles. The topological polar surface area (TPSA) is 49.9 Å². The molecule has 1 aromatic rings. The van der Waals surface area contributed by atoms with Gasteiger partial charge in [-0.1, -0.05) is 26.0 Å². The van der Waals surface area contributed by atoms with Gasteiger partial charge in [0.1, 0.15) is 6.10 Å². The second kappa shape index (κ2) is 8.88. The molecule has 0 amide bonds. The molecule has 27 heavy (non-hydrogen) atoms. The molecular formula is C20H31FN2O3S. The fourth-order valence-corrected chi connectivity index (χ4v) is 5.91. The quantitative estimate of drug-likeness (QED) is 0.739. The molecule has 3 rings (SSSR count). The first kappa shape index (κ1) is 20.6. The Kier molecular flexibility index (Phi) is 6.76. The Bertz CT molecular complexity index is 710. The van der Waals surface area contributed by atoms with Crippen LogP contribution in [0.4, 0.5) is 4.39 Å². The lowest BCUT2D eigenvalue weighted by Crippen LogP contribution is -2.50. The van der Waals surface area contributed by atoms with Crippen molar-refractivity contribution in [2.24, 2.45) is 5.92 Å². The zero-order valence-electron chi connectivity index (χ0n) is 16.3. The molecule has 2 aliphatic rings. The SMILES string of the molecule is CC(C)CS(=O)(=O)N1CCC(N2CCC(Oc3ccccc3F)CC2)CC1. The van der Waals surface area contributed by atoms with Crippen LogP contribution in [0, 0.1) is 11.7 Å². The van der Waals surface area contributed by atoms with Crippen LogP contribution in [0.3, 0.4) is 0 Å². The van der Waals surface area contributed by atoms with E-state index in [9.17, 15) is 12.8 Å². The van der Waals surface area contributed by atoms with Gasteiger partial charge in [0.15, 0.2) is 11.6 Å². The first-order valence-corrected chi connectivity index (χ1v) is 11.6. The molecule has 1 aromatic carbocycles. The molecule has 0 atom stereocenters. The standard InChI is InChI=1S/C20H31FN2O3S/c1-16(2)15-27(24,25)23-13-7-17(8-14-23)22-11-9-18(10-12-22)26-20-6-4-3-5-19(20)21/h3-6,16-18H,7-15H2,1-2H3. The summed E-state index contributed by atoms with van der Waals surface area (Å²) in [5.74, 6) is 0.409. The van der Waals surface area contributed by atoms with Crippen molar-refractivity contribution in [3.63, 3.8) is 0 Å². The lowest BCUT2D eigenvalue weighted by molar-refractivity contribution is 0.0567. The summed E-state index contributed by atoms with van der Waals surface area (Å²) in [5, 5.41) is 0. The molecule has 2 fully saturated rings. The number of ether oxygens (including phenoxy) is 1. The maximum absolute atomic E-state index is 13.7. The Hall–Kier alpha value is -1.18. The molecule has 152 valence electrons. The van der Waals surface area contributed by atoms with E-state index in [1.54, 1.807) is 22.5 Å². The zero-order valence-corrected chi connectivity index (χ0v) is 17.1. The summed E-state index contributed by atoms with van der Waals surface area (Å²) in [4.78, 5) is 2.45. The molecular weight excluding hydrogens is 367 g/mol. The van der Waals surface area contributed by atoms with Crippen LogP contribution in [0.25, 0.3) is 0 Å². The van der Waals surface area contributed by atoms with Crippen LogP contribution < -0.4 is 4.74 Å². The Morgan fingerprint density at radius 2 is 1.70 bits per heavy atom. The molecule has 0 radical (unpaired) electrons. The fourth-order valence-electron chi connectivity index (χ4n) is 4.09. The molecule has 7 heteroatoms. The number of para-hydroxylation sites is 1. The number of halogens is 1. The summed E-state index contributed by atoms with van der Waals surface area (Å²) < 4.78 is 46.0. The lowest BCUT2D eigenvalue weighted by atomic mass is 10.00. The van der Waals surface area contributed by atoms with Crippen molar-refractivity contribution in [1.82, 2.24) is 9.21 Å². The van der Waals surface area contributed by atoms with E-state index in [0.717, 1.165) is 38.8 Å². The summed E-state index contributed by atoms with van der Waals surface area (Å²) in [6.45, 7) is 6.96. The van der Waals surface area contributed by atoms with Crippen molar-refractivity contribution >= 4 is 10.0 Å². The Morgan fingerprint density at radius 3 is 2.30 bits per heavy atom. The van der Waals surface area contributed by atoms with E-state index in [2.05, 4.69) is 4.90 Å². The first-order valence-electron chi connectivity index (χ1n) is 9.98. The van der Waals surface area contributed by atoms with Gasteiger partial charge in [0, 0.05) is 32.2 Å². The van der Waals surface area contributed by atoms with Crippen molar-refractivity contribution in [2.45, 2.75) is 51.7 Å². The largest absolute Gasteiger partial charge is 0.487 e. The molecule has 0 N–H and O–H groups in total. The second-order valence-corrected chi connectivity index (χ2v) is 10.1. The minimum Gasteiger partial charge on any atom is -0.487 e. The first-order chi connectivity index (χ1) is 12.8. The van der Waals surface area contributed by atoms with E-state index in [4.69, 9.17) is 4.74 Å². The van der Waals surface area contributed by atoms with Crippen LogP contribution in [0.2, 0.25) is 0 Å². The van der Waals surface area contributed by atoms with E-state index >= 15 is 0 Å². The minimum atomic E-state index is -3.12. The fraction of sp³-hybridized carbons (Fsp3) is 0.700. The van der Waals surface area contributed by atoms with Crippen LogP contribution >= 0.6 is 0 Å². The highest BCUT2D eigenvalue weighted by Gasteiger charge is 2.32. The number of rotatable bonds is 6. The van der Waals surface area contributed by atoms with Crippen LogP contribution in [-0.2, 0) is 10.0 Å². The average Bonchev–Trinajstić information content (AvgIpc) is 2.63. The summed E-state index contributed by atoms with van der Waals surface area (Å²) in [6, 6.07) is 6.98. The van der Waals surface area contributed by atoms with Crippen molar-refractivity contribution in [2.75, 3.05) is 31.9 Å².